The fraction of sp³-hybridized carbons (Fsp3) is 0.185. The van der Waals surface area contributed by atoms with Gasteiger partial charge in [-0.15, -0.1) is 26.3 Å². The van der Waals surface area contributed by atoms with Crippen molar-refractivity contribution in [1.29, 1.82) is 0 Å². The Kier molecular flexibility index (Phi) is 7.16. The molecule has 3 N–H and O–H groups in total. The monoisotopic (exact) mass is 621 g/mol. The second kappa shape index (κ2) is 11.0. The zero-order chi connectivity index (χ0) is 31.2. The zero-order valence-electron chi connectivity index (χ0n) is 23.1. The molecule has 0 aliphatic heterocycles. The fourth-order valence-electron chi connectivity index (χ4n) is 4.57. The number of fused-ring (bicyclic) bond motifs is 1. The summed E-state index contributed by atoms with van der Waals surface area (Å²) in [5, 5.41) is 23.8. The molecule has 0 atom stereocenters. The molecule has 0 aliphatic carbocycles. The van der Waals surface area contributed by atoms with Crippen molar-refractivity contribution in [2.75, 3.05) is 5.32 Å². The smallest absolute Gasteiger partial charge is 0.365 e. The Hall–Kier alpha value is -5.45. The van der Waals surface area contributed by atoms with Crippen LogP contribution in [0.15, 0.2) is 54.9 Å². The van der Waals surface area contributed by atoms with Crippen molar-refractivity contribution in [3.63, 3.8) is 0 Å². The standard InChI is InChI=1S/C27H22F3N11O2S/c1-3-39-12-17(14(2)35-39)16-11-19(27(28,29)30)32-26-20(16)21(22(44-26)23(31)42)33-25(43)18-9-10-40(36-18)13-41-37-24(34-38-41)15-7-5-4-6-8-15/h4-12H,3,13H2,1-2H3,(H2,31,42)(H,33,43). The summed E-state index contributed by atoms with van der Waals surface area (Å²) in [6, 6.07) is 11.6. The normalized spacial score (nSPS) is 11.8. The van der Waals surface area contributed by atoms with Gasteiger partial charge in [0.05, 0.1) is 11.4 Å². The van der Waals surface area contributed by atoms with Crippen molar-refractivity contribution in [3.05, 3.63) is 76.8 Å². The largest absolute Gasteiger partial charge is 0.433 e. The molecule has 1 aromatic carbocycles. The van der Waals surface area contributed by atoms with Gasteiger partial charge < -0.3 is 11.1 Å². The van der Waals surface area contributed by atoms with E-state index in [-0.39, 0.29) is 38.7 Å². The van der Waals surface area contributed by atoms with E-state index in [2.05, 4.69) is 35.9 Å². The minimum Gasteiger partial charge on any atom is -0.365 e. The van der Waals surface area contributed by atoms with Gasteiger partial charge in [-0.3, -0.25) is 14.3 Å². The van der Waals surface area contributed by atoms with E-state index in [1.54, 1.807) is 17.8 Å². The van der Waals surface area contributed by atoms with E-state index in [9.17, 15) is 22.8 Å². The lowest BCUT2D eigenvalue weighted by atomic mass is 10.0. The van der Waals surface area contributed by atoms with Crippen molar-refractivity contribution >= 4 is 39.1 Å². The number of tetrazole rings is 1. The molecule has 6 rings (SSSR count). The van der Waals surface area contributed by atoms with Crippen LogP contribution in [0, 0.1) is 6.92 Å². The highest BCUT2D eigenvalue weighted by molar-refractivity contribution is 7.21. The summed E-state index contributed by atoms with van der Waals surface area (Å²) in [5.41, 5.74) is 6.05. The third kappa shape index (κ3) is 5.39. The molecule has 13 nitrogen and oxygen atoms in total. The quantitative estimate of drug-likeness (QED) is 0.255. The van der Waals surface area contributed by atoms with Gasteiger partial charge in [0.15, 0.2) is 12.4 Å². The van der Waals surface area contributed by atoms with E-state index in [1.807, 2.05) is 37.3 Å². The van der Waals surface area contributed by atoms with Gasteiger partial charge in [-0.1, -0.05) is 30.3 Å². The maximum Gasteiger partial charge on any atom is 0.433 e. The number of hydrogen-bond donors (Lipinski definition) is 2. The van der Waals surface area contributed by atoms with Gasteiger partial charge in [-0.25, -0.2) is 9.67 Å². The molecule has 0 radical (unpaired) electrons. The molecule has 0 saturated heterocycles. The summed E-state index contributed by atoms with van der Waals surface area (Å²) in [5.74, 6) is -1.26. The van der Waals surface area contributed by atoms with Crippen LogP contribution >= 0.6 is 11.3 Å². The Morgan fingerprint density at radius 1 is 1.05 bits per heavy atom. The second-order valence-electron chi connectivity index (χ2n) is 9.57. The Morgan fingerprint density at radius 3 is 2.50 bits per heavy atom. The van der Waals surface area contributed by atoms with Crippen LogP contribution in [0.4, 0.5) is 18.9 Å². The number of hydrogen-bond acceptors (Lipinski definition) is 9. The number of rotatable bonds is 8. The lowest BCUT2D eigenvalue weighted by molar-refractivity contribution is -0.140. The molecule has 5 heterocycles. The molecule has 0 saturated carbocycles. The van der Waals surface area contributed by atoms with Crippen LogP contribution in [-0.2, 0) is 19.4 Å². The lowest BCUT2D eigenvalue weighted by Crippen LogP contribution is -2.18. The number of benzene rings is 1. The molecule has 0 fully saturated rings. The van der Waals surface area contributed by atoms with E-state index in [0.29, 0.717) is 35.0 Å². The molecule has 2 amide bonds. The van der Waals surface area contributed by atoms with E-state index in [0.717, 1.165) is 11.6 Å². The number of alkyl halides is 3. The fourth-order valence-corrected chi connectivity index (χ4v) is 5.57. The van der Waals surface area contributed by atoms with E-state index < -0.39 is 23.7 Å². The molecule has 0 unspecified atom stereocenters. The number of pyridine rings is 1. The minimum atomic E-state index is -4.77. The number of nitrogens with one attached hydrogen (secondary N) is 1. The molecule has 5 aromatic heterocycles. The van der Waals surface area contributed by atoms with Crippen molar-refractivity contribution in [2.45, 2.75) is 33.2 Å². The van der Waals surface area contributed by atoms with Gasteiger partial charge in [0, 0.05) is 35.5 Å². The number of amides is 2. The maximum absolute atomic E-state index is 13.9. The number of thiophene rings is 1. The van der Waals surface area contributed by atoms with Gasteiger partial charge in [-0.2, -0.15) is 23.4 Å². The number of aryl methyl sites for hydroxylation is 2. The summed E-state index contributed by atoms with van der Waals surface area (Å²) in [6.07, 6.45) is -1.65. The Bertz CT molecular complexity index is 2030. The van der Waals surface area contributed by atoms with E-state index in [4.69, 9.17) is 5.73 Å². The Morgan fingerprint density at radius 2 is 1.82 bits per heavy atom. The Labute approximate surface area is 250 Å². The Balaban J connectivity index is 1.36. The topological polar surface area (TPSA) is 164 Å². The van der Waals surface area contributed by atoms with Crippen LogP contribution in [-0.4, -0.2) is 56.6 Å². The minimum absolute atomic E-state index is 0.0377. The van der Waals surface area contributed by atoms with Crippen LogP contribution in [0.5, 0.6) is 0 Å². The molecule has 0 spiro atoms. The SMILES string of the molecule is CCn1cc(-c2cc(C(F)(F)F)nc3sc(C(N)=O)c(NC(=O)c4ccn(Cn5nnc(-c6ccccc6)n5)n4)c23)c(C)n1. The highest BCUT2D eigenvalue weighted by Crippen LogP contribution is 2.44. The first kappa shape index (κ1) is 28.7. The number of primary amides is 1. The van der Waals surface area contributed by atoms with E-state index in [1.165, 1.54) is 21.7 Å². The van der Waals surface area contributed by atoms with Crippen LogP contribution in [0.25, 0.3) is 32.7 Å². The van der Waals surface area contributed by atoms with E-state index >= 15 is 0 Å². The van der Waals surface area contributed by atoms with Crippen LogP contribution in [0.2, 0.25) is 0 Å². The number of anilines is 1. The molecule has 224 valence electrons. The van der Waals surface area contributed by atoms with Gasteiger partial charge in [0.2, 0.25) is 5.82 Å². The van der Waals surface area contributed by atoms with Crippen molar-refractivity contribution in [2.24, 2.45) is 5.73 Å². The summed E-state index contributed by atoms with van der Waals surface area (Å²) >= 11 is 0.654. The second-order valence-corrected chi connectivity index (χ2v) is 10.6. The number of carbonyl (C=O) groups excluding carboxylic acids is 2. The molecular weight excluding hydrogens is 599 g/mol. The number of nitrogens with two attached hydrogens (primary N) is 1. The first-order chi connectivity index (χ1) is 21.0. The average Bonchev–Trinajstić information content (AvgIpc) is 3.79. The lowest BCUT2D eigenvalue weighted by Gasteiger charge is -2.11. The predicted molar refractivity (Wildman–Crippen MR) is 154 cm³/mol. The molecule has 6 aromatic rings. The zero-order valence-corrected chi connectivity index (χ0v) is 23.9. The highest BCUT2D eigenvalue weighted by Gasteiger charge is 2.35. The molecule has 44 heavy (non-hydrogen) atoms. The van der Waals surface area contributed by atoms with Gasteiger partial charge in [0.1, 0.15) is 15.4 Å². The third-order valence-electron chi connectivity index (χ3n) is 6.60. The van der Waals surface area contributed by atoms with Crippen molar-refractivity contribution in [3.8, 4) is 22.5 Å². The van der Waals surface area contributed by atoms with Gasteiger partial charge in [0.25, 0.3) is 11.8 Å². The summed E-state index contributed by atoms with van der Waals surface area (Å²) in [4.78, 5) is 30.6. The van der Waals surface area contributed by atoms with Crippen LogP contribution in [0.3, 0.4) is 0 Å². The molecule has 17 heteroatoms. The molecular formula is C27H22F3N11O2S. The first-order valence-corrected chi connectivity index (χ1v) is 13.9. The summed E-state index contributed by atoms with van der Waals surface area (Å²) in [7, 11) is 0. The van der Waals surface area contributed by atoms with Crippen molar-refractivity contribution < 1.29 is 22.8 Å². The summed E-state index contributed by atoms with van der Waals surface area (Å²) < 4.78 is 44.6. The highest BCUT2D eigenvalue weighted by atomic mass is 32.1. The number of halogens is 3. The molecule has 0 bridgehead atoms. The van der Waals surface area contributed by atoms with Gasteiger partial charge in [-0.05, 0) is 36.8 Å². The van der Waals surface area contributed by atoms with Crippen LogP contribution in [0.1, 0.15) is 38.5 Å². The third-order valence-corrected chi connectivity index (χ3v) is 7.70. The van der Waals surface area contributed by atoms with Crippen molar-refractivity contribution in [1.82, 2.24) is 44.8 Å². The maximum atomic E-state index is 13.9. The number of carbonyl (C=O) groups is 2. The number of aromatic nitrogens is 9. The summed E-state index contributed by atoms with van der Waals surface area (Å²) in [6.45, 7) is 4.00. The van der Waals surface area contributed by atoms with Gasteiger partial charge >= 0.3 is 6.18 Å². The first-order valence-electron chi connectivity index (χ1n) is 13.1. The van der Waals surface area contributed by atoms with Crippen LogP contribution < -0.4 is 11.1 Å². The molecule has 0 aliphatic rings. The average molecular weight is 622 g/mol. The number of nitrogens with zero attached hydrogens (tertiary/aromatic N) is 9. The predicted octanol–water partition coefficient (Wildman–Crippen LogP) is 4.21.